The van der Waals surface area contributed by atoms with E-state index >= 15 is 0 Å². The first kappa shape index (κ1) is 111. The van der Waals surface area contributed by atoms with E-state index < -0.39 is 91.5 Å². The molecule has 0 aliphatic heterocycles. The molecular weight excluding hydrogens is 1480 g/mol. The molecule has 16 nitrogen and oxygen atoms in total. The Labute approximate surface area is 703 Å². The first-order valence-electron chi connectivity index (χ1n) is 46.5. The van der Waals surface area contributed by atoms with Crippen molar-refractivity contribution in [3.63, 3.8) is 0 Å². The lowest BCUT2D eigenvalue weighted by atomic mass is 10.0. The molecule has 5 unspecified atom stereocenters. The van der Waals surface area contributed by atoms with Crippen LogP contribution in [0.25, 0.3) is 0 Å². The first-order chi connectivity index (χ1) is 56.2. The highest BCUT2D eigenvalue weighted by atomic mass is 31.2. The summed E-state index contributed by atoms with van der Waals surface area (Å²) in [5.74, 6) is -1.55. The number of aliphatic hydroxyl groups excluding tert-OH is 2. The summed E-state index contributed by atoms with van der Waals surface area (Å²) < 4.78 is 61.4. The summed E-state index contributed by atoms with van der Waals surface area (Å²) in [6, 6.07) is 0. The Morgan fingerprint density at radius 3 is 0.730 bits per heavy atom. The number of rotatable bonds is 88. The average Bonchev–Trinajstić information content (AvgIpc) is 0.902. The predicted octanol–water partition coefficient (Wildman–Crippen LogP) is 28.6. The molecule has 0 aromatic heterocycles. The fourth-order valence-electron chi connectivity index (χ4n) is 12.9. The number of hydrogen-bond acceptors (Lipinski definition) is 14. The van der Waals surface area contributed by atoms with E-state index in [0.717, 1.165) is 141 Å². The van der Waals surface area contributed by atoms with Crippen LogP contribution in [0.4, 0.5) is 0 Å². The third-order valence-electron chi connectivity index (χ3n) is 19.9. The molecule has 0 aromatic rings. The van der Waals surface area contributed by atoms with Gasteiger partial charge in [0.2, 0.25) is 0 Å². The second-order valence-corrected chi connectivity index (χ2v) is 34.0. The van der Waals surface area contributed by atoms with Crippen LogP contribution < -0.4 is 0 Å². The Morgan fingerprint density at radius 2 is 0.461 bits per heavy atom. The highest BCUT2D eigenvalue weighted by Gasteiger charge is 2.29. The van der Waals surface area contributed by atoms with Gasteiger partial charge in [-0.3, -0.25) is 32.5 Å². The zero-order valence-corrected chi connectivity index (χ0v) is 75.0. The van der Waals surface area contributed by atoms with Gasteiger partial charge in [0.15, 0.2) is 6.10 Å². The minimum absolute atomic E-state index is 0.108. The number of carbonyl (C=O) groups is 3. The summed E-state index contributed by atoms with van der Waals surface area (Å²) in [6.45, 7) is 2.53. The van der Waals surface area contributed by atoms with Crippen LogP contribution in [0.3, 0.4) is 0 Å². The summed E-state index contributed by atoms with van der Waals surface area (Å²) in [6.07, 6.45) is 111. The van der Waals surface area contributed by atoms with E-state index in [1.54, 1.807) is 0 Å². The van der Waals surface area contributed by atoms with Crippen LogP contribution in [-0.2, 0) is 55.8 Å². The number of unbranched alkanes of at least 4 members (excludes halogenated alkanes) is 43. The molecule has 4 N–H and O–H groups in total. The molecule has 0 aromatic carbocycles. The lowest BCUT2D eigenvalue weighted by Gasteiger charge is -2.21. The van der Waals surface area contributed by atoms with Crippen molar-refractivity contribution < 1.29 is 75.8 Å². The van der Waals surface area contributed by atoms with Crippen molar-refractivity contribution >= 4 is 33.6 Å². The van der Waals surface area contributed by atoms with Crippen molar-refractivity contribution in [3.05, 3.63) is 134 Å². The summed E-state index contributed by atoms with van der Waals surface area (Å²) in [5.41, 5.74) is 0. The minimum Gasteiger partial charge on any atom is -0.463 e. The van der Waals surface area contributed by atoms with E-state index in [2.05, 4.69) is 154 Å². The van der Waals surface area contributed by atoms with Crippen molar-refractivity contribution in [3.8, 4) is 0 Å². The molecule has 0 radical (unpaired) electrons. The quantitative estimate of drug-likeness (QED) is 0.0146. The molecular formula is C97H170O16P2. The van der Waals surface area contributed by atoms with E-state index in [9.17, 15) is 43.5 Å². The molecule has 0 amide bonds. The van der Waals surface area contributed by atoms with E-state index in [0.29, 0.717) is 19.3 Å². The zero-order valence-electron chi connectivity index (χ0n) is 73.2. The Hall–Kier alpha value is -4.31. The number of phosphoric acid groups is 2. The lowest BCUT2D eigenvalue weighted by Crippen LogP contribution is -2.30. The standard InChI is InChI=1S/C97H170O16P2/c1-4-7-10-13-16-19-22-25-28-30-32-34-36-38-40-42-43-44-45-46-47-49-51-52-54-56-58-60-63-65-68-71-74-77-80-83-95(100)107-86-92(98)87-109-114(103,104)110-88-93(99)89-111-115(105,106)112-91-94(113-97(102)85-82-79-76-73-70-67-62-27-24-21-18-15-12-9-6-3)90-108-96(101)84-81-78-75-72-69-66-64-61-59-57-55-53-50-48-41-39-37-35-33-31-29-26-23-20-17-14-11-8-5-2/h7-8,10-11,16-17,19-20,25-26,28-29,32-35,38-41,43-44,92-94,98-99H,4-6,9,12-15,18,21-24,27,30-31,36-37,42,45-91H2,1-3H3,(H,103,104)(H,105,106)/b10-7-,11-8-,19-16-,20-17-,28-25-,29-26-,34-32-,35-33-,40-38-,41-39-,44-43-. The Bertz CT molecular complexity index is 2620. The number of hydrogen-bond donors (Lipinski definition) is 4. The minimum atomic E-state index is -4.93. The van der Waals surface area contributed by atoms with Gasteiger partial charge in [0, 0.05) is 19.3 Å². The van der Waals surface area contributed by atoms with E-state index in [-0.39, 0.29) is 19.3 Å². The summed E-state index contributed by atoms with van der Waals surface area (Å²) in [4.78, 5) is 58.9. The smallest absolute Gasteiger partial charge is 0.463 e. The molecule has 0 bridgehead atoms. The Kier molecular flexibility index (Phi) is 85.6. The molecule has 0 aliphatic carbocycles. The van der Waals surface area contributed by atoms with E-state index in [4.69, 9.17) is 32.3 Å². The fraction of sp³-hybridized carbons (Fsp3) is 0.742. The predicted molar refractivity (Wildman–Crippen MR) is 482 cm³/mol. The maximum absolute atomic E-state index is 13.0. The van der Waals surface area contributed by atoms with Crippen LogP contribution in [0.1, 0.15) is 406 Å². The molecule has 0 fully saturated rings. The summed E-state index contributed by atoms with van der Waals surface area (Å²) >= 11 is 0. The van der Waals surface area contributed by atoms with Crippen LogP contribution in [0, 0.1) is 0 Å². The molecule has 0 saturated heterocycles. The van der Waals surface area contributed by atoms with Crippen molar-refractivity contribution in [1.82, 2.24) is 0 Å². The van der Waals surface area contributed by atoms with E-state index in [1.807, 2.05) is 0 Å². The number of phosphoric ester groups is 2. The molecule has 18 heteroatoms. The fourth-order valence-corrected chi connectivity index (χ4v) is 14.5. The number of aliphatic hydroxyl groups is 2. The van der Waals surface area contributed by atoms with Crippen molar-refractivity contribution in [1.29, 1.82) is 0 Å². The van der Waals surface area contributed by atoms with Gasteiger partial charge in [0.1, 0.15) is 25.4 Å². The molecule has 0 rings (SSSR count). The molecule has 0 aliphatic rings. The van der Waals surface area contributed by atoms with E-state index in [1.165, 1.54) is 205 Å². The maximum atomic E-state index is 13.0. The monoisotopic (exact) mass is 1650 g/mol. The largest absolute Gasteiger partial charge is 0.472 e. The second-order valence-electron chi connectivity index (χ2n) is 31.1. The molecule has 5 atom stereocenters. The summed E-state index contributed by atoms with van der Waals surface area (Å²) in [7, 11) is -9.79. The van der Waals surface area contributed by atoms with Crippen molar-refractivity contribution in [2.24, 2.45) is 0 Å². The third-order valence-corrected chi connectivity index (χ3v) is 21.8. The van der Waals surface area contributed by atoms with Crippen LogP contribution in [0.2, 0.25) is 0 Å². The van der Waals surface area contributed by atoms with Gasteiger partial charge in [-0.15, -0.1) is 0 Å². The number of allylic oxidation sites excluding steroid dienone is 22. The van der Waals surface area contributed by atoms with Crippen LogP contribution >= 0.6 is 15.6 Å². The summed E-state index contributed by atoms with van der Waals surface area (Å²) in [5, 5.41) is 20.7. The van der Waals surface area contributed by atoms with Gasteiger partial charge < -0.3 is 34.2 Å². The number of carbonyl (C=O) groups excluding carboxylic acids is 3. The van der Waals surface area contributed by atoms with Gasteiger partial charge >= 0.3 is 33.6 Å². The molecule has 0 spiro atoms. The number of esters is 3. The van der Waals surface area contributed by atoms with Crippen LogP contribution in [-0.4, -0.2) is 95.9 Å². The third kappa shape index (κ3) is 90.3. The van der Waals surface area contributed by atoms with Gasteiger partial charge in [-0.05, 0) is 116 Å². The first-order valence-corrected chi connectivity index (χ1v) is 49.5. The topological polar surface area (TPSA) is 231 Å². The molecule has 0 heterocycles. The van der Waals surface area contributed by atoms with Gasteiger partial charge in [0.05, 0.1) is 26.4 Å². The molecule has 115 heavy (non-hydrogen) atoms. The SMILES string of the molecule is CC/C=C\C/C=C\C/C=C\C/C=C\C/C=C\C/C=C\CCCCCCCCCCCCCCCCCCC(=O)OCC(O)COP(=O)(O)OCC(O)COP(=O)(O)OCC(COC(=O)CCCCCCCCCCCCCCC/C=C\C/C=C\C/C=C\C/C=C\C/C=C\CC)OC(=O)CCCCCCCCCCCCCCCCC. The van der Waals surface area contributed by atoms with Gasteiger partial charge in [-0.1, -0.05) is 405 Å². The van der Waals surface area contributed by atoms with Crippen LogP contribution in [0.5, 0.6) is 0 Å². The molecule has 0 saturated carbocycles. The van der Waals surface area contributed by atoms with Crippen molar-refractivity contribution in [2.75, 3.05) is 39.6 Å². The zero-order chi connectivity index (χ0) is 83.6. The lowest BCUT2D eigenvalue weighted by molar-refractivity contribution is -0.161. The van der Waals surface area contributed by atoms with Gasteiger partial charge in [-0.2, -0.15) is 0 Å². The Balaban J connectivity index is 4.42. The molecule has 664 valence electrons. The Morgan fingerprint density at radius 1 is 0.252 bits per heavy atom. The normalized spacial score (nSPS) is 14.4. The number of ether oxygens (including phenoxy) is 3. The second kappa shape index (κ2) is 89.0. The van der Waals surface area contributed by atoms with Crippen molar-refractivity contribution in [2.45, 2.75) is 424 Å². The van der Waals surface area contributed by atoms with Gasteiger partial charge in [0.25, 0.3) is 0 Å². The van der Waals surface area contributed by atoms with Gasteiger partial charge in [-0.25, -0.2) is 9.13 Å². The maximum Gasteiger partial charge on any atom is 0.472 e. The highest BCUT2D eigenvalue weighted by molar-refractivity contribution is 7.47. The highest BCUT2D eigenvalue weighted by Crippen LogP contribution is 2.45. The average molecular weight is 1650 g/mol. The van der Waals surface area contributed by atoms with Crippen LogP contribution in [0.15, 0.2) is 134 Å².